The SMILES string of the molecule is O=C(NCC1CCC(C(=O)O)CC1)c1csc(Br)c1. The van der Waals surface area contributed by atoms with Gasteiger partial charge < -0.3 is 10.4 Å². The number of hydrogen-bond donors (Lipinski definition) is 2. The molecule has 19 heavy (non-hydrogen) atoms. The lowest BCUT2D eigenvalue weighted by Crippen LogP contribution is -2.32. The maximum atomic E-state index is 11.9. The molecule has 0 spiro atoms. The summed E-state index contributed by atoms with van der Waals surface area (Å²) in [6.07, 6.45) is 3.20. The summed E-state index contributed by atoms with van der Waals surface area (Å²) in [5, 5.41) is 13.7. The second kappa shape index (κ2) is 6.52. The Bertz CT molecular complexity index is 466. The second-order valence-electron chi connectivity index (χ2n) is 4.91. The zero-order chi connectivity index (χ0) is 13.8. The molecule has 2 rings (SSSR count). The van der Waals surface area contributed by atoms with Gasteiger partial charge in [-0.1, -0.05) is 0 Å². The fourth-order valence-electron chi connectivity index (χ4n) is 2.38. The number of halogens is 1. The first kappa shape index (κ1) is 14.5. The summed E-state index contributed by atoms with van der Waals surface area (Å²) in [6, 6.07) is 1.81. The number of amides is 1. The van der Waals surface area contributed by atoms with Gasteiger partial charge in [-0.2, -0.15) is 0 Å². The number of carbonyl (C=O) groups is 2. The molecule has 1 aromatic rings. The van der Waals surface area contributed by atoms with Gasteiger partial charge in [-0.25, -0.2) is 0 Å². The van der Waals surface area contributed by atoms with Gasteiger partial charge in [-0.15, -0.1) is 11.3 Å². The van der Waals surface area contributed by atoms with E-state index < -0.39 is 5.97 Å². The molecule has 4 nitrogen and oxygen atoms in total. The molecule has 1 aliphatic carbocycles. The average Bonchev–Trinajstić information content (AvgIpc) is 2.83. The van der Waals surface area contributed by atoms with E-state index in [2.05, 4.69) is 21.2 Å². The fraction of sp³-hybridized carbons (Fsp3) is 0.538. The normalized spacial score (nSPS) is 23.0. The van der Waals surface area contributed by atoms with Gasteiger partial charge in [0.1, 0.15) is 0 Å². The minimum atomic E-state index is -0.689. The van der Waals surface area contributed by atoms with Crippen molar-refractivity contribution in [2.24, 2.45) is 11.8 Å². The fourth-order valence-corrected chi connectivity index (χ4v) is 3.52. The summed E-state index contributed by atoms with van der Waals surface area (Å²) in [6.45, 7) is 0.638. The number of carboxylic acids is 1. The summed E-state index contributed by atoms with van der Waals surface area (Å²) >= 11 is 4.82. The molecule has 0 aliphatic heterocycles. The van der Waals surface area contributed by atoms with Crippen LogP contribution in [-0.2, 0) is 4.79 Å². The maximum Gasteiger partial charge on any atom is 0.306 e. The Balaban J connectivity index is 1.75. The van der Waals surface area contributed by atoms with E-state index in [1.807, 2.05) is 5.38 Å². The lowest BCUT2D eigenvalue weighted by molar-refractivity contribution is -0.143. The molecular weight excluding hydrogens is 330 g/mol. The molecule has 0 radical (unpaired) electrons. The molecule has 1 fully saturated rings. The van der Waals surface area contributed by atoms with Gasteiger partial charge in [-0.05, 0) is 53.6 Å². The smallest absolute Gasteiger partial charge is 0.306 e. The first-order valence-corrected chi connectivity index (χ1v) is 7.98. The van der Waals surface area contributed by atoms with Crippen molar-refractivity contribution in [3.63, 3.8) is 0 Å². The predicted molar refractivity (Wildman–Crippen MR) is 77.4 cm³/mol. The number of thiophene rings is 1. The summed E-state index contributed by atoms with van der Waals surface area (Å²) < 4.78 is 0.944. The summed E-state index contributed by atoms with van der Waals surface area (Å²) in [5.74, 6) is -0.533. The van der Waals surface area contributed by atoms with Crippen LogP contribution in [0.3, 0.4) is 0 Å². The monoisotopic (exact) mass is 345 g/mol. The van der Waals surface area contributed by atoms with E-state index in [4.69, 9.17) is 5.11 Å². The Labute approximate surface area is 124 Å². The molecule has 1 aromatic heterocycles. The van der Waals surface area contributed by atoms with Gasteiger partial charge in [0, 0.05) is 11.9 Å². The highest BCUT2D eigenvalue weighted by molar-refractivity contribution is 9.11. The third-order valence-electron chi connectivity index (χ3n) is 3.58. The number of rotatable bonds is 4. The van der Waals surface area contributed by atoms with Crippen LogP contribution < -0.4 is 5.32 Å². The molecule has 0 saturated heterocycles. The van der Waals surface area contributed by atoms with Crippen LogP contribution in [0.5, 0.6) is 0 Å². The Morgan fingerprint density at radius 2 is 2.05 bits per heavy atom. The molecule has 1 saturated carbocycles. The highest BCUT2D eigenvalue weighted by Crippen LogP contribution is 2.28. The van der Waals surface area contributed by atoms with Crippen molar-refractivity contribution in [3.8, 4) is 0 Å². The van der Waals surface area contributed by atoms with Crippen molar-refractivity contribution >= 4 is 39.1 Å². The molecule has 1 amide bonds. The van der Waals surface area contributed by atoms with Crippen molar-refractivity contribution < 1.29 is 14.7 Å². The first-order chi connectivity index (χ1) is 9.06. The topological polar surface area (TPSA) is 66.4 Å². The third kappa shape index (κ3) is 4.04. The van der Waals surface area contributed by atoms with E-state index in [0.717, 1.165) is 29.5 Å². The number of carbonyl (C=O) groups excluding carboxylic acids is 1. The Hall–Kier alpha value is -0.880. The van der Waals surface area contributed by atoms with Gasteiger partial charge in [-0.3, -0.25) is 9.59 Å². The summed E-state index contributed by atoms with van der Waals surface area (Å²) in [5.41, 5.74) is 0.677. The predicted octanol–water partition coefficient (Wildman–Crippen LogP) is 3.13. The van der Waals surface area contributed by atoms with E-state index in [0.29, 0.717) is 18.0 Å². The zero-order valence-electron chi connectivity index (χ0n) is 10.4. The van der Waals surface area contributed by atoms with Gasteiger partial charge >= 0.3 is 5.97 Å². The zero-order valence-corrected chi connectivity index (χ0v) is 12.8. The van der Waals surface area contributed by atoms with Crippen LogP contribution in [0.2, 0.25) is 0 Å². The van der Waals surface area contributed by atoms with Crippen LogP contribution >= 0.6 is 27.3 Å². The van der Waals surface area contributed by atoms with Gasteiger partial charge in [0.25, 0.3) is 5.91 Å². The number of nitrogens with one attached hydrogen (secondary N) is 1. The first-order valence-electron chi connectivity index (χ1n) is 6.31. The lowest BCUT2D eigenvalue weighted by Gasteiger charge is -2.26. The minimum Gasteiger partial charge on any atom is -0.481 e. The van der Waals surface area contributed by atoms with E-state index in [9.17, 15) is 9.59 Å². The molecule has 0 unspecified atom stereocenters. The Kier molecular flexibility index (Phi) is 4.99. The van der Waals surface area contributed by atoms with Gasteiger partial charge in [0.15, 0.2) is 0 Å². The van der Waals surface area contributed by atoms with Crippen molar-refractivity contribution in [3.05, 3.63) is 20.8 Å². The van der Waals surface area contributed by atoms with Crippen molar-refractivity contribution in [1.29, 1.82) is 0 Å². The average molecular weight is 346 g/mol. The molecule has 0 aromatic carbocycles. The molecule has 0 atom stereocenters. The minimum absolute atomic E-state index is 0.0534. The summed E-state index contributed by atoms with van der Waals surface area (Å²) in [7, 11) is 0. The van der Waals surface area contributed by atoms with Crippen LogP contribution in [0.25, 0.3) is 0 Å². The van der Waals surface area contributed by atoms with E-state index in [-0.39, 0.29) is 11.8 Å². The second-order valence-corrected chi connectivity index (χ2v) is 7.20. The van der Waals surface area contributed by atoms with Gasteiger partial charge in [0.2, 0.25) is 0 Å². The van der Waals surface area contributed by atoms with Crippen LogP contribution in [0.4, 0.5) is 0 Å². The number of hydrogen-bond acceptors (Lipinski definition) is 3. The van der Waals surface area contributed by atoms with Crippen LogP contribution in [0.15, 0.2) is 15.2 Å². The van der Waals surface area contributed by atoms with Crippen LogP contribution in [-0.4, -0.2) is 23.5 Å². The molecule has 0 bridgehead atoms. The molecule has 2 N–H and O–H groups in total. The highest BCUT2D eigenvalue weighted by Gasteiger charge is 2.26. The largest absolute Gasteiger partial charge is 0.481 e. The van der Waals surface area contributed by atoms with Gasteiger partial charge in [0.05, 0.1) is 15.3 Å². The van der Waals surface area contributed by atoms with E-state index in [1.165, 1.54) is 11.3 Å². The molecule has 1 heterocycles. The van der Waals surface area contributed by atoms with Crippen molar-refractivity contribution in [2.45, 2.75) is 25.7 Å². The molecule has 1 aliphatic rings. The van der Waals surface area contributed by atoms with E-state index >= 15 is 0 Å². The third-order valence-corrected chi connectivity index (χ3v) is 5.08. The quantitative estimate of drug-likeness (QED) is 0.880. The Morgan fingerprint density at radius 1 is 1.37 bits per heavy atom. The van der Waals surface area contributed by atoms with Crippen molar-refractivity contribution in [2.75, 3.05) is 6.54 Å². The molecular formula is C13H16BrNO3S. The van der Waals surface area contributed by atoms with Crippen LogP contribution in [0, 0.1) is 11.8 Å². The molecule has 6 heteroatoms. The Morgan fingerprint density at radius 3 is 2.58 bits per heavy atom. The highest BCUT2D eigenvalue weighted by atomic mass is 79.9. The molecule has 104 valence electrons. The van der Waals surface area contributed by atoms with Crippen LogP contribution in [0.1, 0.15) is 36.0 Å². The number of carboxylic acid groups (broad SMARTS) is 1. The number of aliphatic carboxylic acids is 1. The maximum absolute atomic E-state index is 11.9. The summed E-state index contributed by atoms with van der Waals surface area (Å²) in [4.78, 5) is 22.7. The lowest BCUT2D eigenvalue weighted by atomic mass is 9.82. The standard InChI is InChI=1S/C13H16BrNO3S/c14-11-5-10(7-19-11)12(16)15-6-8-1-3-9(4-2-8)13(17)18/h5,7-9H,1-4,6H2,(H,15,16)(H,17,18). The van der Waals surface area contributed by atoms with E-state index in [1.54, 1.807) is 6.07 Å². The van der Waals surface area contributed by atoms with Crippen molar-refractivity contribution in [1.82, 2.24) is 5.32 Å².